The van der Waals surface area contributed by atoms with E-state index in [9.17, 15) is 0 Å². The molecule has 118 valence electrons. The van der Waals surface area contributed by atoms with Crippen LogP contribution >= 0.6 is 0 Å². The Balaban J connectivity index is 1.74. The summed E-state index contributed by atoms with van der Waals surface area (Å²) in [5.74, 6) is 0. The average Bonchev–Trinajstić information content (AvgIpc) is 2.45. The van der Waals surface area contributed by atoms with Crippen LogP contribution in [0.15, 0.2) is 18.3 Å². The summed E-state index contributed by atoms with van der Waals surface area (Å²) in [6.45, 7) is 10.3. The van der Waals surface area contributed by atoms with Gasteiger partial charge in [0.15, 0.2) is 0 Å². The molecule has 1 aromatic rings. The van der Waals surface area contributed by atoms with Crippen molar-refractivity contribution in [2.75, 3.05) is 20.1 Å². The Morgan fingerprint density at radius 1 is 1.29 bits per heavy atom. The van der Waals surface area contributed by atoms with Crippen LogP contribution in [0.2, 0.25) is 0 Å². The lowest BCUT2D eigenvalue weighted by Crippen LogP contribution is -2.35. The summed E-state index contributed by atoms with van der Waals surface area (Å²) in [7, 11) is 2.17. The van der Waals surface area contributed by atoms with Gasteiger partial charge in [-0.15, -0.1) is 0 Å². The van der Waals surface area contributed by atoms with Gasteiger partial charge in [-0.1, -0.05) is 6.07 Å². The number of hydrogen-bond donors (Lipinski definition) is 1. The maximum absolute atomic E-state index is 5.97. The lowest BCUT2D eigenvalue weighted by atomic mass is 10.1. The zero-order chi connectivity index (χ0) is 15.3. The first-order valence-corrected chi connectivity index (χ1v) is 7.91. The van der Waals surface area contributed by atoms with Crippen LogP contribution in [-0.4, -0.2) is 41.7 Å². The van der Waals surface area contributed by atoms with Gasteiger partial charge in [-0.05, 0) is 52.3 Å². The minimum Gasteiger partial charge on any atom is -0.372 e. The van der Waals surface area contributed by atoms with Crippen LogP contribution in [0.4, 0.5) is 0 Å². The molecule has 1 fully saturated rings. The lowest BCUT2D eigenvalue weighted by molar-refractivity contribution is 0.000747. The van der Waals surface area contributed by atoms with E-state index in [0.29, 0.717) is 12.7 Å². The van der Waals surface area contributed by atoms with Crippen LogP contribution in [0.25, 0.3) is 0 Å². The second kappa shape index (κ2) is 7.34. The highest BCUT2D eigenvalue weighted by Gasteiger charge is 2.17. The third-order valence-electron chi connectivity index (χ3n) is 3.84. The predicted octanol–water partition coefficient (Wildman–Crippen LogP) is 2.58. The minimum absolute atomic E-state index is 0.135. The van der Waals surface area contributed by atoms with Gasteiger partial charge in [-0.2, -0.15) is 0 Å². The number of aromatic nitrogens is 1. The summed E-state index contributed by atoms with van der Waals surface area (Å²) in [4.78, 5) is 6.86. The summed E-state index contributed by atoms with van der Waals surface area (Å²) in [5, 5.41) is 3.47. The maximum Gasteiger partial charge on any atom is 0.0891 e. The van der Waals surface area contributed by atoms with Crippen molar-refractivity contribution in [3.63, 3.8) is 0 Å². The number of nitrogens with zero attached hydrogens (tertiary/aromatic N) is 2. The number of nitrogens with one attached hydrogen (secondary N) is 1. The summed E-state index contributed by atoms with van der Waals surface area (Å²) in [6, 6.07) is 4.22. The van der Waals surface area contributed by atoms with Gasteiger partial charge in [0.1, 0.15) is 0 Å². The fraction of sp³-hybridized carbons (Fsp3) is 0.706. The molecule has 21 heavy (non-hydrogen) atoms. The van der Waals surface area contributed by atoms with Crippen LogP contribution in [0.3, 0.4) is 0 Å². The monoisotopic (exact) mass is 291 g/mol. The molecule has 4 nitrogen and oxygen atoms in total. The second-order valence-corrected chi connectivity index (χ2v) is 7.07. The molecule has 0 atom stereocenters. The third kappa shape index (κ3) is 6.12. The molecular formula is C17H29N3O. The molecule has 1 N–H and O–H groups in total. The van der Waals surface area contributed by atoms with Gasteiger partial charge in [0.2, 0.25) is 0 Å². The van der Waals surface area contributed by atoms with Crippen molar-refractivity contribution in [3.8, 4) is 0 Å². The molecule has 0 saturated carbocycles. The van der Waals surface area contributed by atoms with E-state index < -0.39 is 0 Å². The van der Waals surface area contributed by atoms with E-state index in [-0.39, 0.29) is 5.54 Å². The molecule has 1 aromatic heterocycles. The zero-order valence-electron chi connectivity index (χ0n) is 13.9. The molecule has 0 aromatic carbocycles. The molecule has 1 saturated heterocycles. The number of rotatable bonds is 5. The van der Waals surface area contributed by atoms with Gasteiger partial charge < -0.3 is 15.0 Å². The van der Waals surface area contributed by atoms with Crippen LogP contribution in [0, 0.1) is 0 Å². The van der Waals surface area contributed by atoms with Crippen molar-refractivity contribution in [3.05, 3.63) is 29.6 Å². The van der Waals surface area contributed by atoms with E-state index in [2.05, 4.69) is 55.2 Å². The first-order chi connectivity index (χ1) is 9.92. The SMILES string of the molecule is CN1CCC(OCc2ccc(CNC(C)(C)C)cn2)CC1. The van der Waals surface area contributed by atoms with Crippen molar-refractivity contribution in [2.45, 2.75) is 58.4 Å². The molecule has 0 unspecified atom stereocenters. The Bertz CT molecular complexity index is 417. The van der Waals surface area contributed by atoms with E-state index >= 15 is 0 Å². The number of ether oxygens (including phenoxy) is 1. The van der Waals surface area contributed by atoms with Gasteiger partial charge >= 0.3 is 0 Å². The van der Waals surface area contributed by atoms with Gasteiger partial charge in [0.05, 0.1) is 18.4 Å². The smallest absolute Gasteiger partial charge is 0.0891 e. The molecule has 0 bridgehead atoms. The van der Waals surface area contributed by atoms with E-state index in [1.807, 2.05) is 6.20 Å². The van der Waals surface area contributed by atoms with Gasteiger partial charge in [-0.3, -0.25) is 4.98 Å². The second-order valence-electron chi connectivity index (χ2n) is 7.07. The zero-order valence-corrected chi connectivity index (χ0v) is 13.9. The average molecular weight is 291 g/mol. The Morgan fingerprint density at radius 2 is 2.00 bits per heavy atom. The van der Waals surface area contributed by atoms with Crippen LogP contribution in [0.5, 0.6) is 0 Å². The number of piperidine rings is 1. The molecule has 2 rings (SSSR count). The van der Waals surface area contributed by atoms with Gasteiger partial charge in [-0.25, -0.2) is 0 Å². The summed E-state index contributed by atoms with van der Waals surface area (Å²) >= 11 is 0. The Labute approximate surface area is 128 Å². The molecule has 1 aliphatic heterocycles. The van der Waals surface area contributed by atoms with Gasteiger partial charge in [0, 0.05) is 31.4 Å². The fourth-order valence-electron chi connectivity index (χ4n) is 2.37. The minimum atomic E-state index is 0.135. The highest BCUT2D eigenvalue weighted by molar-refractivity contribution is 5.13. The van der Waals surface area contributed by atoms with Crippen molar-refractivity contribution in [1.82, 2.24) is 15.2 Å². The standard InChI is InChI=1S/C17H29N3O/c1-17(2,3)19-12-14-5-6-15(18-11-14)13-21-16-7-9-20(4)10-8-16/h5-6,11,16,19H,7-10,12-13H2,1-4H3. The van der Waals surface area contributed by atoms with E-state index in [4.69, 9.17) is 4.74 Å². The molecule has 0 spiro atoms. The topological polar surface area (TPSA) is 37.4 Å². The largest absolute Gasteiger partial charge is 0.372 e. The quantitative estimate of drug-likeness (QED) is 0.905. The first kappa shape index (κ1) is 16.4. The Hall–Kier alpha value is -0.970. The molecule has 4 heteroatoms. The van der Waals surface area contributed by atoms with E-state index in [1.54, 1.807) is 0 Å². The van der Waals surface area contributed by atoms with Crippen LogP contribution in [0.1, 0.15) is 44.9 Å². The van der Waals surface area contributed by atoms with Crippen molar-refractivity contribution in [2.24, 2.45) is 0 Å². The molecule has 2 heterocycles. The molecule has 1 aliphatic rings. The van der Waals surface area contributed by atoms with Gasteiger partial charge in [0.25, 0.3) is 0 Å². The molecular weight excluding hydrogens is 262 g/mol. The normalized spacial score (nSPS) is 18.1. The molecule has 0 radical (unpaired) electrons. The summed E-state index contributed by atoms with van der Waals surface area (Å²) < 4.78 is 5.97. The number of pyridine rings is 1. The third-order valence-corrected chi connectivity index (χ3v) is 3.84. The van der Waals surface area contributed by atoms with E-state index in [0.717, 1.165) is 38.2 Å². The maximum atomic E-state index is 5.97. The van der Waals surface area contributed by atoms with Crippen molar-refractivity contribution in [1.29, 1.82) is 0 Å². The Kier molecular flexibility index (Phi) is 5.73. The van der Waals surface area contributed by atoms with Crippen molar-refractivity contribution >= 4 is 0 Å². The number of likely N-dealkylation sites (tertiary alicyclic amines) is 1. The van der Waals surface area contributed by atoms with Crippen molar-refractivity contribution < 1.29 is 4.74 Å². The highest BCUT2D eigenvalue weighted by atomic mass is 16.5. The predicted molar refractivity (Wildman–Crippen MR) is 86.1 cm³/mol. The van der Waals surface area contributed by atoms with Crippen LogP contribution < -0.4 is 5.32 Å². The van der Waals surface area contributed by atoms with E-state index in [1.165, 1.54) is 5.56 Å². The first-order valence-electron chi connectivity index (χ1n) is 7.91. The highest BCUT2D eigenvalue weighted by Crippen LogP contribution is 2.14. The molecule has 0 aliphatic carbocycles. The fourth-order valence-corrected chi connectivity index (χ4v) is 2.37. The van der Waals surface area contributed by atoms with Crippen LogP contribution in [-0.2, 0) is 17.9 Å². The Morgan fingerprint density at radius 3 is 2.57 bits per heavy atom. The summed E-state index contributed by atoms with van der Waals surface area (Å²) in [6.07, 6.45) is 4.60. The molecule has 0 amide bonds. The lowest BCUT2D eigenvalue weighted by Gasteiger charge is -2.28. The summed E-state index contributed by atoms with van der Waals surface area (Å²) in [5.41, 5.74) is 2.37. The number of hydrogen-bond acceptors (Lipinski definition) is 4.